The molecule has 3 rings (SSSR count). The summed E-state index contributed by atoms with van der Waals surface area (Å²) in [5.41, 5.74) is 3.31. The van der Waals surface area contributed by atoms with Gasteiger partial charge in [0.25, 0.3) is 10.0 Å². The summed E-state index contributed by atoms with van der Waals surface area (Å²) in [5, 5.41) is 2.89. The molecule has 1 aliphatic rings. The van der Waals surface area contributed by atoms with Gasteiger partial charge in [0.1, 0.15) is 0 Å². The molecular formula is C21H26N2O3S. The van der Waals surface area contributed by atoms with Crippen molar-refractivity contribution < 1.29 is 13.2 Å². The van der Waals surface area contributed by atoms with E-state index in [-0.39, 0.29) is 5.91 Å². The van der Waals surface area contributed by atoms with Crippen LogP contribution in [0.3, 0.4) is 0 Å². The van der Waals surface area contributed by atoms with Gasteiger partial charge in [-0.3, -0.25) is 9.10 Å². The maximum absolute atomic E-state index is 13.2. The maximum Gasteiger partial charge on any atom is 0.264 e. The van der Waals surface area contributed by atoms with Gasteiger partial charge in [-0.25, -0.2) is 8.42 Å². The lowest BCUT2D eigenvalue weighted by molar-refractivity contribution is -0.116. The molecule has 0 aromatic heterocycles. The molecule has 0 bridgehead atoms. The highest BCUT2D eigenvalue weighted by molar-refractivity contribution is 7.92. The smallest absolute Gasteiger partial charge is 0.264 e. The third-order valence-electron chi connectivity index (χ3n) is 4.81. The molecule has 1 N–H and O–H groups in total. The highest BCUT2D eigenvalue weighted by Gasteiger charge is 2.29. The summed E-state index contributed by atoms with van der Waals surface area (Å²) in [6.07, 6.45) is 3.88. The van der Waals surface area contributed by atoms with Crippen LogP contribution in [-0.4, -0.2) is 20.9 Å². The second-order valence-corrected chi connectivity index (χ2v) is 8.85. The molecule has 0 saturated carbocycles. The van der Waals surface area contributed by atoms with Gasteiger partial charge in [-0.1, -0.05) is 37.1 Å². The van der Waals surface area contributed by atoms with E-state index in [0.717, 1.165) is 36.8 Å². The summed E-state index contributed by atoms with van der Waals surface area (Å²) >= 11 is 0. The van der Waals surface area contributed by atoms with E-state index in [0.29, 0.717) is 29.2 Å². The highest BCUT2D eigenvalue weighted by Crippen LogP contribution is 2.34. The molecule has 1 amide bonds. The number of carbonyl (C=O) groups is 1. The molecule has 1 aliphatic heterocycles. The van der Waals surface area contributed by atoms with Crippen molar-refractivity contribution in [3.8, 4) is 0 Å². The van der Waals surface area contributed by atoms with Crippen molar-refractivity contribution in [1.29, 1.82) is 0 Å². The summed E-state index contributed by atoms with van der Waals surface area (Å²) in [6.45, 7) is 4.41. The van der Waals surface area contributed by atoms with Gasteiger partial charge >= 0.3 is 0 Å². The average Bonchev–Trinajstić information content (AvgIpc) is 2.66. The largest absolute Gasteiger partial charge is 0.326 e. The molecule has 0 atom stereocenters. The van der Waals surface area contributed by atoms with Gasteiger partial charge < -0.3 is 5.32 Å². The predicted octanol–water partition coefficient (Wildman–Crippen LogP) is 4.27. The van der Waals surface area contributed by atoms with E-state index in [4.69, 9.17) is 0 Å². The molecule has 144 valence electrons. The molecule has 0 saturated heterocycles. The fourth-order valence-electron chi connectivity index (χ4n) is 3.27. The van der Waals surface area contributed by atoms with Crippen molar-refractivity contribution in [2.24, 2.45) is 0 Å². The predicted molar refractivity (Wildman–Crippen MR) is 109 cm³/mol. The van der Waals surface area contributed by atoms with Crippen molar-refractivity contribution >= 4 is 27.3 Å². The molecule has 2 aromatic rings. The van der Waals surface area contributed by atoms with Gasteiger partial charge in [0.05, 0.1) is 10.6 Å². The van der Waals surface area contributed by atoms with Crippen molar-refractivity contribution in [2.75, 3.05) is 16.2 Å². The van der Waals surface area contributed by atoms with Gasteiger partial charge in [0.15, 0.2) is 0 Å². The molecule has 0 spiro atoms. The normalized spacial score (nSPS) is 13.9. The average molecular weight is 387 g/mol. The Labute approximate surface area is 161 Å². The van der Waals surface area contributed by atoms with E-state index in [1.807, 2.05) is 38.1 Å². The molecule has 5 nitrogen and oxygen atoms in total. The molecule has 0 fully saturated rings. The Morgan fingerprint density at radius 3 is 2.59 bits per heavy atom. The number of hydrogen-bond acceptors (Lipinski definition) is 3. The van der Waals surface area contributed by atoms with Crippen LogP contribution in [0.15, 0.2) is 47.4 Å². The van der Waals surface area contributed by atoms with Crippen LogP contribution >= 0.6 is 0 Å². The van der Waals surface area contributed by atoms with E-state index >= 15 is 0 Å². The topological polar surface area (TPSA) is 66.5 Å². The van der Waals surface area contributed by atoms with Crippen LogP contribution < -0.4 is 9.62 Å². The first-order valence-corrected chi connectivity index (χ1v) is 10.9. The Bertz CT molecular complexity index is 921. The fraction of sp³-hybridized carbons (Fsp3) is 0.381. The van der Waals surface area contributed by atoms with Gasteiger partial charge in [0.2, 0.25) is 5.91 Å². The zero-order chi connectivity index (χ0) is 19.4. The quantitative estimate of drug-likeness (QED) is 0.806. The maximum atomic E-state index is 13.2. The SMILES string of the molecule is CCCCC(=O)Nc1ccc2c(c1)N(S(=O)(=O)c1ccc(C)cc1)CCC2. The zero-order valence-electron chi connectivity index (χ0n) is 15.9. The third kappa shape index (κ3) is 4.33. The number of nitrogens with zero attached hydrogens (tertiary/aromatic N) is 1. The second-order valence-electron chi connectivity index (χ2n) is 6.99. The zero-order valence-corrected chi connectivity index (χ0v) is 16.7. The number of unbranched alkanes of at least 4 members (excludes halogenated alkanes) is 1. The van der Waals surface area contributed by atoms with E-state index in [1.165, 1.54) is 4.31 Å². The summed E-state index contributed by atoms with van der Waals surface area (Å²) in [6, 6.07) is 12.5. The Kier molecular flexibility index (Phi) is 5.85. The Morgan fingerprint density at radius 1 is 1.15 bits per heavy atom. The molecule has 27 heavy (non-hydrogen) atoms. The van der Waals surface area contributed by atoms with Gasteiger partial charge in [-0.15, -0.1) is 0 Å². The summed E-state index contributed by atoms with van der Waals surface area (Å²) < 4.78 is 27.8. The number of fused-ring (bicyclic) bond motifs is 1. The first-order chi connectivity index (χ1) is 12.9. The van der Waals surface area contributed by atoms with Crippen molar-refractivity contribution in [1.82, 2.24) is 0 Å². The molecule has 1 heterocycles. The lowest BCUT2D eigenvalue weighted by Crippen LogP contribution is -2.35. The third-order valence-corrected chi connectivity index (χ3v) is 6.64. The van der Waals surface area contributed by atoms with E-state index in [2.05, 4.69) is 5.32 Å². The number of rotatable bonds is 6. The number of nitrogens with one attached hydrogen (secondary N) is 1. The molecule has 6 heteroatoms. The first-order valence-electron chi connectivity index (χ1n) is 9.44. The number of amides is 1. The second kappa shape index (κ2) is 8.13. The van der Waals surface area contributed by atoms with Crippen LogP contribution in [0, 0.1) is 6.92 Å². The molecule has 0 aliphatic carbocycles. The number of sulfonamides is 1. The van der Waals surface area contributed by atoms with Crippen molar-refractivity contribution in [3.63, 3.8) is 0 Å². The summed E-state index contributed by atoms with van der Waals surface area (Å²) in [7, 11) is -3.63. The number of anilines is 2. The van der Waals surface area contributed by atoms with Crippen LogP contribution in [0.4, 0.5) is 11.4 Å². The Morgan fingerprint density at radius 2 is 1.89 bits per heavy atom. The first kappa shape index (κ1) is 19.4. The molecule has 0 radical (unpaired) electrons. The van der Waals surface area contributed by atoms with Gasteiger partial charge in [-0.2, -0.15) is 0 Å². The molecule has 2 aromatic carbocycles. The van der Waals surface area contributed by atoms with Crippen LogP contribution in [0.5, 0.6) is 0 Å². The minimum atomic E-state index is -3.63. The molecule has 0 unspecified atom stereocenters. The Hall–Kier alpha value is -2.34. The van der Waals surface area contributed by atoms with Crippen LogP contribution in [0.25, 0.3) is 0 Å². The lowest BCUT2D eigenvalue weighted by atomic mass is 10.0. The summed E-state index contributed by atoms with van der Waals surface area (Å²) in [5.74, 6) is -0.0412. The lowest BCUT2D eigenvalue weighted by Gasteiger charge is -2.31. The standard InChI is InChI=1S/C21H26N2O3S/c1-3-4-7-21(24)22-18-11-10-17-6-5-14-23(20(17)15-18)27(25,26)19-12-8-16(2)9-13-19/h8-13,15H,3-7,14H2,1-2H3,(H,22,24). The van der Waals surface area contributed by atoms with E-state index in [9.17, 15) is 13.2 Å². The minimum Gasteiger partial charge on any atom is -0.326 e. The van der Waals surface area contributed by atoms with Crippen LogP contribution in [-0.2, 0) is 21.2 Å². The number of hydrogen-bond donors (Lipinski definition) is 1. The van der Waals surface area contributed by atoms with E-state index < -0.39 is 10.0 Å². The van der Waals surface area contributed by atoms with Gasteiger partial charge in [-0.05, 0) is 56.0 Å². The minimum absolute atomic E-state index is 0.0412. The van der Waals surface area contributed by atoms with Crippen LogP contribution in [0.1, 0.15) is 43.7 Å². The monoisotopic (exact) mass is 386 g/mol. The Balaban J connectivity index is 1.91. The number of aryl methyl sites for hydroxylation is 2. The molecular weight excluding hydrogens is 360 g/mol. The van der Waals surface area contributed by atoms with Crippen LogP contribution in [0.2, 0.25) is 0 Å². The van der Waals surface area contributed by atoms with Crippen molar-refractivity contribution in [3.05, 3.63) is 53.6 Å². The van der Waals surface area contributed by atoms with Gasteiger partial charge in [0, 0.05) is 18.7 Å². The highest BCUT2D eigenvalue weighted by atomic mass is 32.2. The number of benzene rings is 2. The summed E-state index contributed by atoms with van der Waals surface area (Å²) in [4.78, 5) is 12.3. The van der Waals surface area contributed by atoms with Crippen molar-refractivity contribution in [2.45, 2.75) is 50.8 Å². The fourth-order valence-corrected chi connectivity index (χ4v) is 4.80. The number of carbonyl (C=O) groups excluding carboxylic acids is 1. The van der Waals surface area contributed by atoms with E-state index in [1.54, 1.807) is 18.2 Å².